The van der Waals surface area contributed by atoms with Crippen LogP contribution >= 0.6 is 35.6 Å². The fourth-order valence-electron chi connectivity index (χ4n) is 2.49. The standard InChI is InChI=1S/C20H15ClN2O2S2/c1-2-10-23-19(25)17(27-20(23)26)12-13-6-5-7-14(11-13)22-18(24)15-8-3-4-9-16(15)21/h2-9,11-12H,1,10H2,(H,22,24)/b17-12-. The number of nitrogens with one attached hydrogen (secondary N) is 1. The van der Waals surface area contributed by atoms with Crippen LogP contribution in [-0.4, -0.2) is 27.6 Å². The number of thioether (sulfide) groups is 1. The fraction of sp³-hybridized carbons (Fsp3) is 0.0500. The summed E-state index contributed by atoms with van der Waals surface area (Å²) in [5, 5.41) is 3.21. The van der Waals surface area contributed by atoms with Gasteiger partial charge in [-0.3, -0.25) is 14.5 Å². The van der Waals surface area contributed by atoms with Gasteiger partial charge in [0.15, 0.2) is 0 Å². The van der Waals surface area contributed by atoms with Gasteiger partial charge in [-0.2, -0.15) is 0 Å². The number of carbonyl (C=O) groups excluding carboxylic acids is 2. The van der Waals surface area contributed by atoms with Gasteiger partial charge in [-0.25, -0.2) is 0 Å². The van der Waals surface area contributed by atoms with E-state index in [4.69, 9.17) is 23.8 Å². The Labute approximate surface area is 171 Å². The smallest absolute Gasteiger partial charge is 0.266 e. The van der Waals surface area contributed by atoms with E-state index >= 15 is 0 Å². The van der Waals surface area contributed by atoms with Crippen molar-refractivity contribution in [3.63, 3.8) is 0 Å². The monoisotopic (exact) mass is 414 g/mol. The van der Waals surface area contributed by atoms with Gasteiger partial charge in [0.1, 0.15) is 4.32 Å². The highest BCUT2D eigenvalue weighted by atomic mass is 35.5. The van der Waals surface area contributed by atoms with Crippen LogP contribution in [0.3, 0.4) is 0 Å². The topological polar surface area (TPSA) is 49.4 Å². The Morgan fingerprint density at radius 1 is 1.26 bits per heavy atom. The molecule has 0 saturated carbocycles. The van der Waals surface area contributed by atoms with Gasteiger partial charge in [-0.05, 0) is 35.9 Å². The molecule has 0 aromatic heterocycles. The van der Waals surface area contributed by atoms with E-state index in [0.29, 0.717) is 32.0 Å². The van der Waals surface area contributed by atoms with Gasteiger partial charge in [0.2, 0.25) is 0 Å². The maximum absolute atomic E-state index is 12.4. The Morgan fingerprint density at radius 3 is 2.78 bits per heavy atom. The molecule has 1 fully saturated rings. The van der Waals surface area contributed by atoms with Gasteiger partial charge >= 0.3 is 0 Å². The fourth-order valence-corrected chi connectivity index (χ4v) is 3.98. The summed E-state index contributed by atoms with van der Waals surface area (Å²) in [6, 6.07) is 14.1. The number of thiocarbonyl (C=S) groups is 1. The molecule has 2 amide bonds. The first-order valence-corrected chi connectivity index (χ1v) is 9.62. The summed E-state index contributed by atoms with van der Waals surface area (Å²) in [5.41, 5.74) is 1.79. The van der Waals surface area contributed by atoms with Gasteiger partial charge in [0, 0.05) is 12.2 Å². The highest BCUT2D eigenvalue weighted by molar-refractivity contribution is 8.26. The molecule has 0 atom stereocenters. The third kappa shape index (κ3) is 4.47. The summed E-state index contributed by atoms with van der Waals surface area (Å²) in [5.74, 6) is -0.439. The number of nitrogens with zero attached hydrogens (tertiary/aromatic N) is 1. The lowest BCUT2D eigenvalue weighted by molar-refractivity contribution is -0.121. The van der Waals surface area contributed by atoms with E-state index in [1.165, 1.54) is 16.7 Å². The molecule has 7 heteroatoms. The van der Waals surface area contributed by atoms with Crippen molar-refractivity contribution in [2.45, 2.75) is 0 Å². The summed E-state index contributed by atoms with van der Waals surface area (Å²) in [4.78, 5) is 26.9. The molecule has 0 aliphatic carbocycles. The predicted molar refractivity (Wildman–Crippen MR) is 116 cm³/mol. The molecule has 136 valence electrons. The third-order valence-corrected chi connectivity index (χ3v) is 5.45. The number of halogens is 1. The van der Waals surface area contributed by atoms with Crippen LogP contribution in [0.1, 0.15) is 15.9 Å². The highest BCUT2D eigenvalue weighted by Gasteiger charge is 2.30. The van der Waals surface area contributed by atoms with Crippen LogP contribution in [0.2, 0.25) is 5.02 Å². The largest absolute Gasteiger partial charge is 0.322 e. The molecule has 0 unspecified atom stereocenters. The maximum atomic E-state index is 12.4. The first-order chi connectivity index (χ1) is 13.0. The molecule has 1 aliphatic heterocycles. The van der Waals surface area contributed by atoms with E-state index in [1.54, 1.807) is 54.6 Å². The first-order valence-electron chi connectivity index (χ1n) is 8.02. The van der Waals surface area contributed by atoms with Crippen LogP contribution in [0.15, 0.2) is 66.1 Å². The Kier molecular flexibility index (Phi) is 6.11. The van der Waals surface area contributed by atoms with Crippen molar-refractivity contribution in [1.29, 1.82) is 0 Å². The summed E-state index contributed by atoms with van der Waals surface area (Å²) in [6.45, 7) is 4.03. The second-order valence-corrected chi connectivity index (χ2v) is 7.72. The molecule has 2 aromatic rings. The quantitative estimate of drug-likeness (QED) is 0.426. The lowest BCUT2D eigenvalue weighted by atomic mass is 10.1. The molecule has 1 aliphatic rings. The number of rotatable bonds is 5. The van der Waals surface area contributed by atoms with Crippen LogP contribution < -0.4 is 5.32 Å². The van der Waals surface area contributed by atoms with Crippen molar-refractivity contribution in [2.24, 2.45) is 0 Å². The van der Waals surface area contributed by atoms with Gasteiger partial charge in [0.25, 0.3) is 11.8 Å². The third-order valence-electron chi connectivity index (χ3n) is 3.75. The molecule has 3 rings (SSSR count). The van der Waals surface area contributed by atoms with Crippen LogP contribution in [-0.2, 0) is 4.79 Å². The van der Waals surface area contributed by atoms with E-state index in [2.05, 4.69) is 11.9 Å². The summed E-state index contributed by atoms with van der Waals surface area (Å²) in [6.07, 6.45) is 3.39. The van der Waals surface area contributed by atoms with E-state index in [0.717, 1.165) is 5.56 Å². The molecule has 0 radical (unpaired) electrons. The first kappa shape index (κ1) is 19.4. The predicted octanol–water partition coefficient (Wildman–Crippen LogP) is 4.98. The number of anilines is 1. The number of benzene rings is 2. The van der Waals surface area contributed by atoms with Crippen LogP contribution in [0.5, 0.6) is 0 Å². The van der Waals surface area contributed by atoms with Crippen molar-refractivity contribution in [1.82, 2.24) is 4.90 Å². The van der Waals surface area contributed by atoms with E-state index in [1.807, 2.05) is 6.07 Å². The molecular formula is C20H15ClN2O2S2. The zero-order valence-corrected chi connectivity index (χ0v) is 16.5. The van der Waals surface area contributed by atoms with Crippen LogP contribution in [0, 0.1) is 0 Å². The maximum Gasteiger partial charge on any atom is 0.266 e. The van der Waals surface area contributed by atoms with Crippen molar-refractivity contribution in [2.75, 3.05) is 11.9 Å². The molecule has 0 spiro atoms. The number of carbonyl (C=O) groups is 2. The molecule has 1 heterocycles. The number of hydrogen-bond acceptors (Lipinski definition) is 4. The summed E-state index contributed by atoms with van der Waals surface area (Å²) in [7, 11) is 0. The van der Waals surface area contributed by atoms with E-state index in [-0.39, 0.29) is 11.8 Å². The van der Waals surface area contributed by atoms with Gasteiger partial charge < -0.3 is 5.32 Å². The lowest BCUT2D eigenvalue weighted by Crippen LogP contribution is -2.27. The van der Waals surface area contributed by atoms with Gasteiger partial charge in [0.05, 0.1) is 15.5 Å². The van der Waals surface area contributed by atoms with Crippen LogP contribution in [0.4, 0.5) is 5.69 Å². The van der Waals surface area contributed by atoms with Crippen molar-refractivity contribution < 1.29 is 9.59 Å². The minimum atomic E-state index is -0.296. The van der Waals surface area contributed by atoms with Crippen molar-refractivity contribution in [3.8, 4) is 0 Å². The molecule has 4 nitrogen and oxygen atoms in total. The average molecular weight is 415 g/mol. The Hall–Kier alpha value is -2.41. The summed E-state index contributed by atoms with van der Waals surface area (Å²) >= 11 is 12.6. The minimum absolute atomic E-state index is 0.143. The van der Waals surface area contributed by atoms with Crippen LogP contribution in [0.25, 0.3) is 6.08 Å². The second kappa shape index (κ2) is 8.52. The number of amides is 2. The zero-order valence-electron chi connectivity index (χ0n) is 14.1. The molecule has 27 heavy (non-hydrogen) atoms. The van der Waals surface area contributed by atoms with E-state index < -0.39 is 0 Å². The zero-order chi connectivity index (χ0) is 19.4. The molecule has 0 bridgehead atoms. The minimum Gasteiger partial charge on any atom is -0.322 e. The summed E-state index contributed by atoms with van der Waals surface area (Å²) < 4.78 is 0.509. The van der Waals surface area contributed by atoms with Crippen molar-refractivity contribution in [3.05, 3.63) is 82.2 Å². The van der Waals surface area contributed by atoms with Gasteiger partial charge in [-0.1, -0.05) is 65.9 Å². The molecular weight excluding hydrogens is 400 g/mol. The Balaban J connectivity index is 1.79. The second-order valence-electron chi connectivity index (χ2n) is 5.64. The molecule has 1 N–H and O–H groups in total. The number of hydrogen-bond donors (Lipinski definition) is 1. The molecule has 1 saturated heterocycles. The average Bonchev–Trinajstić information content (AvgIpc) is 2.90. The normalized spacial score (nSPS) is 15.3. The lowest BCUT2D eigenvalue weighted by Gasteiger charge is -2.10. The van der Waals surface area contributed by atoms with Crippen molar-refractivity contribution >= 4 is 63.5 Å². The Bertz CT molecular complexity index is 972. The van der Waals surface area contributed by atoms with Gasteiger partial charge in [-0.15, -0.1) is 6.58 Å². The SMILES string of the molecule is C=CCN1C(=O)/C(=C/c2cccc(NC(=O)c3ccccc3Cl)c2)SC1=S. The Morgan fingerprint density at radius 2 is 2.04 bits per heavy atom. The molecule has 2 aromatic carbocycles. The van der Waals surface area contributed by atoms with E-state index in [9.17, 15) is 9.59 Å². The highest BCUT2D eigenvalue weighted by Crippen LogP contribution is 2.32.